The lowest BCUT2D eigenvalue weighted by atomic mass is 10.3. The summed E-state index contributed by atoms with van der Waals surface area (Å²) in [5.41, 5.74) is 2.36. The first-order valence-electron chi connectivity index (χ1n) is 5.52. The molecule has 6 heteroatoms. The molecule has 2 aromatic rings. The van der Waals surface area contributed by atoms with Crippen LogP contribution in [-0.4, -0.2) is 20.3 Å². The standard InChI is InChI=1S/C11H13N5O/c1-15-9-4-7(6-14-12)5-13-10(9)16(11(15)17)8-2-3-8/h4-6,8H,2-3,12H2,1H3. The summed E-state index contributed by atoms with van der Waals surface area (Å²) in [6.07, 6.45) is 5.32. The molecule has 88 valence electrons. The van der Waals surface area contributed by atoms with Crippen LogP contribution in [0.15, 0.2) is 22.2 Å². The Kier molecular flexibility index (Phi) is 2.04. The fraction of sp³-hybridized carbons (Fsp3) is 0.364. The maximum absolute atomic E-state index is 12.1. The highest BCUT2D eigenvalue weighted by atomic mass is 16.1. The van der Waals surface area contributed by atoms with Crippen molar-refractivity contribution in [3.8, 4) is 0 Å². The van der Waals surface area contributed by atoms with E-state index in [2.05, 4.69) is 10.1 Å². The van der Waals surface area contributed by atoms with Crippen LogP contribution in [0.5, 0.6) is 0 Å². The zero-order valence-electron chi connectivity index (χ0n) is 9.50. The minimum absolute atomic E-state index is 0.00293. The van der Waals surface area contributed by atoms with Crippen LogP contribution in [-0.2, 0) is 7.05 Å². The van der Waals surface area contributed by atoms with E-state index >= 15 is 0 Å². The van der Waals surface area contributed by atoms with Crippen molar-refractivity contribution in [1.82, 2.24) is 14.1 Å². The Labute approximate surface area is 97.4 Å². The van der Waals surface area contributed by atoms with E-state index in [1.165, 1.54) is 6.21 Å². The second kappa shape index (κ2) is 3.44. The average Bonchev–Trinajstić information content (AvgIpc) is 3.11. The maximum Gasteiger partial charge on any atom is 0.330 e. The Morgan fingerprint density at radius 2 is 2.35 bits per heavy atom. The van der Waals surface area contributed by atoms with Crippen molar-refractivity contribution in [2.45, 2.75) is 18.9 Å². The van der Waals surface area contributed by atoms with Gasteiger partial charge in [-0.05, 0) is 18.9 Å². The van der Waals surface area contributed by atoms with Crippen molar-refractivity contribution >= 4 is 17.4 Å². The molecule has 17 heavy (non-hydrogen) atoms. The van der Waals surface area contributed by atoms with Crippen LogP contribution in [0, 0.1) is 0 Å². The molecule has 0 aromatic carbocycles. The number of rotatable bonds is 2. The molecular formula is C11H13N5O. The Hall–Kier alpha value is -2.11. The van der Waals surface area contributed by atoms with Gasteiger partial charge in [-0.3, -0.25) is 9.13 Å². The summed E-state index contributed by atoms with van der Waals surface area (Å²) >= 11 is 0. The van der Waals surface area contributed by atoms with Gasteiger partial charge >= 0.3 is 5.69 Å². The third-order valence-corrected chi connectivity index (χ3v) is 3.09. The molecule has 2 heterocycles. The number of nitrogens with two attached hydrogens (primary N) is 1. The van der Waals surface area contributed by atoms with E-state index in [0.29, 0.717) is 6.04 Å². The van der Waals surface area contributed by atoms with E-state index in [4.69, 9.17) is 5.84 Å². The third-order valence-electron chi connectivity index (χ3n) is 3.09. The second-order valence-electron chi connectivity index (χ2n) is 4.33. The zero-order valence-corrected chi connectivity index (χ0v) is 9.50. The summed E-state index contributed by atoms with van der Waals surface area (Å²) in [6.45, 7) is 0. The molecule has 2 aromatic heterocycles. The molecule has 1 aliphatic carbocycles. The van der Waals surface area contributed by atoms with Crippen LogP contribution in [0.25, 0.3) is 11.2 Å². The summed E-state index contributed by atoms with van der Waals surface area (Å²) in [6, 6.07) is 2.20. The molecule has 3 rings (SSSR count). The first-order chi connectivity index (χ1) is 8.22. The van der Waals surface area contributed by atoms with Crippen molar-refractivity contribution in [2.75, 3.05) is 0 Å². The lowest BCUT2D eigenvalue weighted by Crippen LogP contribution is -2.21. The number of nitrogens with zero attached hydrogens (tertiary/aromatic N) is 4. The summed E-state index contributed by atoms with van der Waals surface area (Å²) in [5.74, 6) is 5.10. The fourth-order valence-corrected chi connectivity index (χ4v) is 2.07. The summed E-state index contributed by atoms with van der Waals surface area (Å²) in [7, 11) is 1.76. The largest absolute Gasteiger partial charge is 0.330 e. The Morgan fingerprint density at radius 3 is 3.00 bits per heavy atom. The van der Waals surface area contributed by atoms with Crippen LogP contribution in [0.2, 0.25) is 0 Å². The smallest absolute Gasteiger partial charge is 0.323 e. The quantitative estimate of drug-likeness (QED) is 0.460. The van der Waals surface area contributed by atoms with E-state index in [-0.39, 0.29) is 5.69 Å². The van der Waals surface area contributed by atoms with E-state index in [1.54, 1.807) is 22.4 Å². The van der Waals surface area contributed by atoms with Crippen molar-refractivity contribution in [2.24, 2.45) is 18.0 Å². The van der Waals surface area contributed by atoms with Crippen molar-refractivity contribution in [3.63, 3.8) is 0 Å². The molecule has 0 aliphatic heterocycles. The first-order valence-corrected chi connectivity index (χ1v) is 5.52. The topological polar surface area (TPSA) is 78.2 Å². The maximum atomic E-state index is 12.1. The third kappa shape index (κ3) is 1.44. The molecule has 0 radical (unpaired) electrons. The van der Waals surface area contributed by atoms with Crippen LogP contribution in [0.1, 0.15) is 24.4 Å². The van der Waals surface area contributed by atoms with Gasteiger partial charge in [0.25, 0.3) is 0 Å². The van der Waals surface area contributed by atoms with Gasteiger partial charge in [0.05, 0.1) is 11.7 Å². The van der Waals surface area contributed by atoms with Crippen molar-refractivity contribution in [1.29, 1.82) is 0 Å². The normalized spacial score (nSPS) is 16.1. The summed E-state index contributed by atoms with van der Waals surface area (Å²) in [4.78, 5) is 16.4. The van der Waals surface area contributed by atoms with Crippen LogP contribution >= 0.6 is 0 Å². The van der Waals surface area contributed by atoms with E-state index in [0.717, 1.165) is 29.6 Å². The second-order valence-corrected chi connectivity index (χ2v) is 4.33. The van der Waals surface area contributed by atoms with Crippen LogP contribution in [0.3, 0.4) is 0 Å². The molecule has 0 atom stereocenters. The van der Waals surface area contributed by atoms with Gasteiger partial charge in [0.15, 0.2) is 5.65 Å². The number of fused-ring (bicyclic) bond motifs is 1. The first kappa shape index (κ1) is 10.1. The molecule has 0 spiro atoms. The van der Waals surface area contributed by atoms with Gasteiger partial charge in [0.1, 0.15) is 0 Å². The Bertz CT molecular complexity index is 662. The van der Waals surface area contributed by atoms with Gasteiger partial charge < -0.3 is 5.84 Å². The van der Waals surface area contributed by atoms with Crippen LogP contribution in [0.4, 0.5) is 0 Å². The van der Waals surface area contributed by atoms with Gasteiger partial charge in [-0.1, -0.05) is 0 Å². The molecule has 1 aliphatic rings. The molecule has 0 amide bonds. The highest BCUT2D eigenvalue weighted by Crippen LogP contribution is 2.35. The van der Waals surface area contributed by atoms with Crippen molar-refractivity contribution < 1.29 is 0 Å². The average molecular weight is 231 g/mol. The monoisotopic (exact) mass is 231 g/mol. The number of pyridine rings is 1. The zero-order chi connectivity index (χ0) is 12.0. The van der Waals surface area contributed by atoms with Gasteiger partial charge in [0, 0.05) is 24.8 Å². The molecule has 1 fully saturated rings. The van der Waals surface area contributed by atoms with Crippen molar-refractivity contribution in [3.05, 3.63) is 28.3 Å². The predicted octanol–water partition coefficient (Wildman–Crippen LogP) is 0.362. The number of hydrogen-bond acceptors (Lipinski definition) is 4. The highest BCUT2D eigenvalue weighted by Gasteiger charge is 2.28. The summed E-state index contributed by atoms with van der Waals surface area (Å²) < 4.78 is 3.40. The number of imidazole rings is 1. The molecule has 1 saturated carbocycles. The Morgan fingerprint density at radius 1 is 1.59 bits per heavy atom. The minimum atomic E-state index is -0.00293. The molecule has 6 nitrogen and oxygen atoms in total. The van der Waals surface area contributed by atoms with Gasteiger partial charge in [-0.2, -0.15) is 5.10 Å². The van der Waals surface area contributed by atoms with E-state index in [9.17, 15) is 4.79 Å². The van der Waals surface area contributed by atoms with Gasteiger partial charge in [0.2, 0.25) is 0 Å². The number of hydrazone groups is 1. The van der Waals surface area contributed by atoms with E-state index < -0.39 is 0 Å². The molecule has 0 bridgehead atoms. The van der Waals surface area contributed by atoms with E-state index in [1.807, 2.05) is 6.07 Å². The summed E-state index contributed by atoms with van der Waals surface area (Å²) in [5, 5.41) is 3.46. The predicted molar refractivity (Wildman–Crippen MR) is 65.0 cm³/mol. The van der Waals surface area contributed by atoms with Gasteiger partial charge in [-0.25, -0.2) is 9.78 Å². The number of aromatic nitrogens is 3. The van der Waals surface area contributed by atoms with Gasteiger partial charge in [-0.15, -0.1) is 0 Å². The fourth-order valence-electron chi connectivity index (χ4n) is 2.07. The van der Waals surface area contributed by atoms with Crippen LogP contribution < -0.4 is 11.5 Å². The lowest BCUT2D eigenvalue weighted by molar-refractivity contribution is 0.691. The SMILES string of the molecule is Cn1c(=O)n(C2CC2)c2ncc(C=NN)cc21. The highest BCUT2D eigenvalue weighted by molar-refractivity contribution is 5.85. The molecule has 2 N–H and O–H groups in total. The molecular weight excluding hydrogens is 218 g/mol. The Balaban J connectivity index is 2.31. The minimum Gasteiger partial charge on any atom is -0.323 e. The lowest BCUT2D eigenvalue weighted by Gasteiger charge is -1.98. The number of aryl methyl sites for hydroxylation is 1. The number of hydrogen-bond donors (Lipinski definition) is 1. The molecule has 0 saturated heterocycles. The molecule has 0 unspecified atom stereocenters.